The predicted molar refractivity (Wildman–Crippen MR) is 109 cm³/mol. The number of β-amino-alcohol motifs (C(OH)–C–C–N with tert-alkyl or cyclic N) is 1. The molecule has 4 rings (SSSR count). The zero-order valence-corrected chi connectivity index (χ0v) is 16.3. The summed E-state index contributed by atoms with van der Waals surface area (Å²) in [6, 6.07) is 9.54. The first-order valence-electron chi connectivity index (χ1n) is 8.60. The van der Waals surface area contributed by atoms with E-state index in [-0.39, 0.29) is 25.0 Å². The van der Waals surface area contributed by atoms with Crippen molar-refractivity contribution < 1.29 is 19.8 Å². The van der Waals surface area contributed by atoms with Gasteiger partial charge < -0.3 is 20.4 Å². The molecule has 0 spiro atoms. The van der Waals surface area contributed by atoms with Crippen LogP contribution in [-0.4, -0.2) is 51.3 Å². The third kappa shape index (κ3) is 3.57. The van der Waals surface area contributed by atoms with E-state index in [9.17, 15) is 14.7 Å². The molecule has 1 saturated heterocycles. The maximum Gasteiger partial charge on any atom is 0.273 e. The fraction of sp³-hybridized carbons (Fsp3) is 0.211. The van der Waals surface area contributed by atoms with E-state index in [1.54, 1.807) is 12.1 Å². The molecule has 3 heterocycles. The molecule has 0 radical (unpaired) electrons. The summed E-state index contributed by atoms with van der Waals surface area (Å²) < 4.78 is 0. The van der Waals surface area contributed by atoms with Gasteiger partial charge in [0, 0.05) is 28.4 Å². The van der Waals surface area contributed by atoms with Gasteiger partial charge in [-0.15, -0.1) is 11.3 Å². The Balaban J connectivity index is 1.55. The van der Waals surface area contributed by atoms with Crippen LogP contribution in [0, 0.1) is 0 Å². The molecule has 2 amide bonds. The van der Waals surface area contributed by atoms with Crippen molar-refractivity contribution in [3.05, 3.63) is 52.0 Å². The first-order valence-corrected chi connectivity index (χ1v) is 9.82. The first-order chi connectivity index (χ1) is 13.4. The molecule has 1 unspecified atom stereocenters. The van der Waals surface area contributed by atoms with Crippen LogP contribution in [0.5, 0.6) is 0 Å². The van der Waals surface area contributed by atoms with Gasteiger partial charge in [-0.3, -0.25) is 14.9 Å². The number of carbonyl (C=O) groups excluding carboxylic acids is 2. The van der Waals surface area contributed by atoms with E-state index < -0.39 is 6.10 Å². The van der Waals surface area contributed by atoms with Gasteiger partial charge in [0.25, 0.3) is 11.8 Å². The average Bonchev–Trinajstić information content (AvgIpc) is 3.34. The number of hydrogen-bond acceptors (Lipinski definition) is 6. The molecule has 2 aromatic rings. The highest BCUT2D eigenvalue weighted by Crippen LogP contribution is 2.33. The number of rotatable bonds is 5. The normalized spacial score (nSPS) is 18.4. The summed E-state index contributed by atoms with van der Waals surface area (Å²) in [4.78, 5) is 27.6. The molecular weight excluding hydrogens is 398 g/mol. The zero-order chi connectivity index (χ0) is 19.8. The Hall–Kier alpha value is -2.59. The smallest absolute Gasteiger partial charge is 0.273 e. The highest BCUT2D eigenvalue weighted by Gasteiger charge is 2.29. The number of aliphatic hydroxyl groups is 2. The van der Waals surface area contributed by atoms with Crippen molar-refractivity contribution in [3.8, 4) is 10.4 Å². The van der Waals surface area contributed by atoms with Gasteiger partial charge in [0.15, 0.2) is 5.11 Å². The van der Waals surface area contributed by atoms with Gasteiger partial charge in [0.1, 0.15) is 5.70 Å². The Labute approximate surface area is 170 Å². The highest BCUT2D eigenvalue weighted by atomic mass is 32.1. The first kappa shape index (κ1) is 18.8. The Morgan fingerprint density at radius 3 is 2.79 bits per heavy atom. The number of amides is 2. The lowest BCUT2D eigenvalue weighted by Crippen LogP contribution is -2.34. The molecule has 0 aliphatic carbocycles. The molecule has 1 aromatic heterocycles. The number of hydrogen-bond donors (Lipinski definition) is 4. The van der Waals surface area contributed by atoms with E-state index in [0.29, 0.717) is 22.9 Å². The number of fused-ring (bicyclic) bond motifs is 1. The molecule has 4 N–H and O–H groups in total. The second-order valence-corrected chi connectivity index (χ2v) is 8.09. The summed E-state index contributed by atoms with van der Waals surface area (Å²) in [7, 11) is 0. The molecule has 9 heteroatoms. The van der Waals surface area contributed by atoms with E-state index in [2.05, 4.69) is 10.6 Å². The summed E-state index contributed by atoms with van der Waals surface area (Å²) in [5, 5.41) is 24.3. The third-order valence-electron chi connectivity index (χ3n) is 4.54. The number of benzene rings is 1. The van der Waals surface area contributed by atoms with Gasteiger partial charge in [-0.25, -0.2) is 0 Å². The average molecular weight is 415 g/mol. The van der Waals surface area contributed by atoms with Gasteiger partial charge in [0.2, 0.25) is 0 Å². The van der Waals surface area contributed by atoms with E-state index in [1.807, 2.05) is 24.3 Å². The number of nitrogens with zero attached hydrogens (tertiary/aromatic N) is 1. The number of thiocarbonyl (C=S) groups is 1. The minimum Gasteiger partial charge on any atom is -0.394 e. The van der Waals surface area contributed by atoms with Gasteiger partial charge in [-0.05, 0) is 53.7 Å². The molecule has 0 bridgehead atoms. The minimum atomic E-state index is -0.945. The second-order valence-electron chi connectivity index (χ2n) is 6.56. The van der Waals surface area contributed by atoms with Gasteiger partial charge in [-0.1, -0.05) is 6.07 Å². The second kappa shape index (κ2) is 7.44. The molecule has 0 saturated carbocycles. The van der Waals surface area contributed by atoms with E-state index in [1.165, 1.54) is 16.2 Å². The van der Waals surface area contributed by atoms with Crippen LogP contribution in [0.4, 0.5) is 0 Å². The fourth-order valence-electron chi connectivity index (χ4n) is 3.20. The summed E-state index contributed by atoms with van der Waals surface area (Å²) in [5.41, 5.74) is 2.90. The Kier molecular flexibility index (Phi) is 4.98. The fourth-order valence-corrected chi connectivity index (χ4v) is 4.35. The Bertz CT molecular complexity index is 1010. The molecule has 2 aliphatic heterocycles. The predicted octanol–water partition coefficient (Wildman–Crippen LogP) is 1.07. The zero-order valence-electron chi connectivity index (χ0n) is 14.6. The molecule has 2 aliphatic rings. The molecule has 1 aromatic carbocycles. The number of thiophene rings is 1. The lowest BCUT2D eigenvalue weighted by atomic mass is 10.1. The molecular formula is C19H17N3O4S2. The molecule has 28 heavy (non-hydrogen) atoms. The van der Waals surface area contributed by atoms with E-state index in [0.717, 1.165) is 20.9 Å². The van der Waals surface area contributed by atoms with Gasteiger partial charge >= 0.3 is 0 Å². The largest absolute Gasteiger partial charge is 0.394 e. The lowest BCUT2D eigenvalue weighted by Gasteiger charge is -2.18. The Morgan fingerprint density at radius 2 is 2.07 bits per heavy atom. The number of aliphatic hydroxyl groups excluding tert-OH is 2. The van der Waals surface area contributed by atoms with Crippen molar-refractivity contribution >= 4 is 46.6 Å². The van der Waals surface area contributed by atoms with Crippen LogP contribution in [0.25, 0.3) is 16.5 Å². The maximum atomic E-state index is 12.4. The molecule has 144 valence electrons. The summed E-state index contributed by atoms with van der Waals surface area (Å²) >= 11 is 6.45. The van der Waals surface area contributed by atoms with Crippen molar-refractivity contribution in [1.29, 1.82) is 0 Å². The van der Waals surface area contributed by atoms with Crippen LogP contribution in [-0.2, 0) is 11.3 Å². The van der Waals surface area contributed by atoms with Crippen molar-refractivity contribution in [2.45, 2.75) is 12.6 Å². The van der Waals surface area contributed by atoms with E-state index >= 15 is 0 Å². The topological polar surface area (TPSA) is 102 Å². The SMILES string of the molecule is O=C1NC(=S)NC1=Cc1ccc(-c2ccc3c(c2)CN(CC(O)CO)C3=O)s1. The van der Waals surface area contributed by atoms with Crippen molar-refractivity contribution in [3.63, 3.8) is 0 Å². The minimum absolute atomic E-state index is 0.104. The molecule has 1 atom stereocenters. The number of carbonyl (C=O) groups is 2. The summed E-state index contributed by atoms with van der Waals surface area (Å²) in [6.07, 6.45) is 0.803. The van der Waals surface area contributed by atoms with Crippen molar-refractivity contribution in [2.24, 2.45) is 0 Å². The van der Waals surface area contributed by atoms with Gasteiger partial charge in [0.05, 0.1) is 12.7 Å². The van der Waals surface area contributed by atoms with Crippen LogP contribution in [0.3, 0.4) is 0 Å². The summed E-state index contributed by atoms with van der Waals surface area (Å²) in [6.45, 7) is 0.131. The maximum absolute atomic E-state index is 12.4. The summed E-state index contributed by atoms with van der Waals surface area (Å²) in [5.74, 6) is -0.388. The van der Waals surface area contributed by atoms with E-state index in [4.69, 9.17) is 17.3 Å². The van der Waals surface area contributed by atoms with Crippen molar-refractivity contribution in [2.75, 3.05) is 13.2 Å². The third-order valence-corrected chi connectivity index (χ3v) is 5.83. The quantitative estimate of drug-likeness (QED) is 0.431. The van der Waals surface area contributed by atoms with Crippen LogP contribution >= 0.6 is 23.6 Å². The molecule has 1 fully saturated rings. The van der Waals surface area contributed by atoms with Crippen LogP contribution in [0.2, 0.25) is 0 Å². The van der Waals surface area contributed by atoms with Gasteiger partial charge in [-0.2, -0.15) is 0 Å². The van der Waals surface area contributed by atoms with Crippen molar-refractivity contribution in [1.82, 2.24) is 15.5 Å². The van der Waals surface area contributed by atoms with Crippen LogP contribution in [0.1, 0.15) is 20.8 Å². The standard InChI is InChI=1S/C19H17N3O4S2/c23-9-12(24)8-22-7-11-5-10(1-3-14(11)18(22)26)16-4-2-13(28-16)6-15-17(25)21-19(27)20-15/h1-6,12,23-24H,7-9H2,(H2,20,21,25,27). The molecule has 7 nitrogen and oxygen atoms in total. The number of nitrogens with one attached hydrogen (secondary N) is 2. The lowest BCUT2D eigenvalue weighted by molar-refractivity contribution is -0.115. The monoisotopic (exact) mass is 415 g/mol. The Morgan fingerprint density at radius 1 is 1.25 bits per heavy atom. The van der Waals surface area contributed by atoms with Crippen LogP contribution in [0.15, 0.2) is 36.0 Å². The highest BCUT2D eigenvalue weighted by molar-refractivity contribution is 7.80. The van der Waals surface area contributed by atoms with Crippen LogP contribution < -0.4 is 10.6 Å².